The number of nitrogens with one attached hydrogen (secondary N) is 4. The van der Waals surface area contributed by atoms with Crippen LogP contribution in [-0.2, 0) is 47.7 Å². The second kappa shape index (κ2) is 38.5. The first kappa shape index (κ1) is 57.8. The van der Waals surface area contributed by atoms with Gasteiger partial charge in [-0.05, 0) is 25.2 Å². The van der Waals surface area contributed by atoms with Gasteiger partial charge in [0.2, 0.25) is 23.6 Å². The van der Waals surface area contributed by atoms with Crippen molar-refractivity contribution >= 4 is 35.4 Å². The Morgan fingerprint density at radius 2 is 0.984 bits per heavy atom. The van der Waals surface area contributed by atoms with Crippen LogP contribution in [0.1, 0.15) is 157 Å². The Bertz CT molecular complexity index is 1180. The fraction of sp³-hybridized carbons (Fsp3) is 0.867. The van der Waals surface area contributed by atoms with Gasteiger partial charge >= 0.3 is 5.97 Å². The Balaban J connectivity index is 3.70. The molecular weight excluding hydrogens is 789 g/mol. The highest BCUT2D eigenvalue weighted by Gasteiger charge is 2.33. The van der Waals surface area contributed by atoms with Crippen molar-refractivity contribution in [1.29, 1.82) is 0 Å². The van der Waals surface area contributed by atoms with Crippen LogP contribution in [-0.4, -0.2) is 130 Å². The summed E-state index contributed by atoms with van der Waals surface area (Å²) in [6.07, 6.45) is 17.6. The molecule has 3 atom stereocenters. The van der Waals surface area contributed by atoms with E-state index < -0.39 is 23.5 Å². The lowest BCUT2D eigenvalue weighted by Crippen LogP contribution is -2.50. The maximum absolute atomic E-state index is 12.7. The number of carbonyl (C=O) groups is 6. The third-order valence-corrected chi connectivity index (χ3v) is 10.2. The summed E-state index contributed by atoms with van der Waals surface area (Å²) >= 11 is 0. The molecule has 356 valence electrons. The van der Waals surface area contributed by atoms with Gasteiger partial charge in [-0.3, -0.25) is 28.8 Å². The number of hydrogen-bond donors (Lipinski definition) is 6. The molecule has 3 unspecified atom stereocenters. The van der Waals surface area contributed by atoms with Crippen LogP contribution >= 0.6 is 0 Å². The first-order valence-electron chi connectivity index (χ1n) is 23.0. The normalized spacial score (nSPS) is 13.0. The number of aliphatic hydroxyl groups excluding tert-OH is 1. The highest BCUT2D eigenvalue weighted by molar-refractivity contribution is 5.92. The molecule has 0 aromatic carbocycles. The molecule has 16 heteroatoms. The molecule has 0 saturated carbocycles. The second-order valence-electron chi connectivity index (χ2n) is 16.9. The number of hydrogen-bond acceptors (Lipinski definition) is 11. The van der Waals surface area contributed by atoms with Crippen molar-refractivity contribution in [2.75, 3.05) is 72.6 Å². The van der Waals surface area contributed by atoms with Gasteiger partial charge in [0.1, 0.15) is 13.2 Å². The standard InChI is InChI=1S/C45H84N4O12/c1-6-36(2)43(44(57)45(3,4)5)49-41(54)35-61-32-30-59-28-26-47-40(53)34-60-31-29-58-27-25-46-38(51)24-23-37(33-50)48-39(52)21-19-17-15-13-11-9-7-8-10-12-14-16-18-20-22-42(55)56/h36-37,43,50H,6-35H2,1-5H3,(H,46,51)(H,47,53)(H,48,52)(H,49,54)(H,55,56). The molecule has 0 aromatic heterocycles. The second-order valence-corrected chi connectivity index (χ2v) is 16.9. The molecule has 61 heavy (non-hydrogen) atoms. The largest absolute Gasteiger partial charge is 0.481 e. The monoisotopic (exact) mass is 873 g/mol. The highest BCUT2D eigenvalue weighted by Crippen LogP contribution is 2.22. The molecule has 0 aliphatic rings. The van der Waals surface area contributed by atoms with E-state index in [0.717, 1.165) is 44.9 Å². The zero-order valence-corrected chi connectivity index (χ0v) is 38.4. The van der Waals surface area contributed by atoms with Crippen molar-refractivity contribution in [3.63, 3.8) is 0 Å². The molecule has 0 saturated heterocycles. The van der Waals surface area contributed by atoms with Gasteiger partial charge < -0.3 is 50.4 Å². The van der Waals surface area contributed by atoms with Crippen molar-refractivity contribution in [2.24, 2.45) is 11.3 Å². The molecule has 6 N–H and O–H groups in total. The van der Waals surface area contributed by atoms with Crippen molar-refractivity contribution in [3.05, 3.63) is 0 Å². The summed E-state index contributed by atoms with van der Waals surface area (Å²) in [6.45, 7) is 10.8. The first-order valence-corrected chi connectivity index (χ1v) is 23.0. The number of ketones is 1. The van der Waals surface area contributed by atoms with E-state index in [2.05, 4.69) is 21.3 Å². The number of carboxylic acid groups (broad SMARTS) is 1. The van der Waals surface area contributed by atoms with Crippen LogP contribution in [0.25, 0.3) is 0 Å². The summed E-state index contributed by atoms with van der Waals surface area (Å²) in [5.41, 5.74) is -0.564. The number of aliphatic hydroxyl groups is 1. The predicted molar refractivity (Wildman–Crippen MR) is 235 cm³/mol. The number of Topliss-reactive ketones (excluding diaryl/α,β-unsaturated/α-hetero) is 1. The molecule has 0 fully saturated rings. The summed E-state index contributed by atoms with van der Waals surface area (Å²) in [6, 6.07) is -1.04. The summed E-state index contributed by atoms with van der Waals surface area (Å²) in [4.78, 5) is 72.1. The van der Waals surface area contributed by atoms with Crippen molar-refractivity contribution in [3.8, 4) is 0 Å². The lowest BCUT2D eigenvalue weighted by Gasteiger charge is -2.29. The van der Waals surface area contributed by atoms with Gasteiger partial charge in [-0.2, -0.15) is 0 Å². The van der Waals surface area contributed by atoms with Gasteiger partial charge in [0.25, 0.3) is 0 Å². The fourth-order valence-electron chi connectivity index (χ4n) is 6.32. The molecule has 0 radical (unpaired) electrons. The smallest absolute Gasteiger partial charge is 0.303 e. The molecular formula is C45H84N4O12. The van der Waals surface area contributed by atoms with Crippen LogP contribution < -0.4 is 21.3 Å². The number of rotatable bonds is 42. The summed E-state index contributed by atoms with van der Waals surface area (Å²) < 4.78 is 21.6. The SMILES string of the molecule is CCC(C)C(NC(=O)COCCOCCNC(=O)COCCOCCNC(=O)CCC(CO)NC(=O)CCCCCCCCCCCCCCCCC(=O)O)C(=O)C(C)(C)C. The van der Waals surface area contributed by atoms with Crippen LogP contribution in [0.3, 0.4) is 0 Å². The predicted octanol–water partition coefficient (Wildman–Crippen LogP) is 5.01. The first-order chi connectivity index (χ1) is 29.2. The van der Waals surface area contributed by atoms with E-state index in [1.165, 1.54) is 51.4 Å². The Morgan fingerprint density at radius 3 is 1.44 bits per heavy atom. The van der Waals surface area contributed by atoms with Gasteiger partial charge in [0.05, 0.1) is 58.3 Å². The van der Waals surface area contributed by atoms with Crippen molar-refractivity contribution in [2.45, 2.75) is 169 Å². The zero-order valence-electron chi connectivity index (χ0n) is 38.4. The molecule has 0 aromatic rings. The molecule has 0 aliphatic carbocycles. The van der Waals surface area contributed by atoms with Crippen LogP contribution in [0, 0.1) is 11.3 Å². The lowest BCUT2D eigenvalue weighted by atomic mass is 9.81. The van der Waals surface area contributed by atoms with Crippen LogP contribution in [0.4, 0.5) is 0 Å². The Labute approximate surface area is 366 Å². The Hall–Kier alpha value is -3.18. The minimum Gasteiger partial charge on any atom is -0.481 e. The van der Waals surface area contributed by atoms with E-state index in [-0.39, 0.29) is 114 Å². The average molecular weight is 873 g/mol. The van der Waals surface area contributed by atoms with E-state index in [0.29, 0.717) is 19.4 Å². The third-order valence-electron chi connectivity index (χ3n) is 10.2. The quantitative estimate of drug-likeness (QED) is 0.0445. The number of amides is 4. The van der Waals surface area contributed by atoms with E-state index in [1.807, 2.05) is 34.6 Å². The molecule has 0 aliphatic heterocycles. The minimum atomic E-state index is -0.704. The number of carbonyl (C=O) groups excluding carboxylic acids is 5. The van der Waals surface area contributed by atoms with Gasteiger partial charge in [-0.25, -0.2) is 0 Å². The lowest BCUT2D eigenvalue weighted by molar-refractivity contribution is -0.137. The van der Waals surface area contributed by atoms with Gasteiger partial charge in [-0.15, -0.1) is 0 Å². The number of unbranched alkanes of at least 4 members (excludes halogenated alkanes) is 13. The van der Waals surface area contributed by atoms with E-state index in [9.17, 15) is 33.9 Å². The maximum atomic E-state index is 12.7. The molecule has 0 heterocycles. The molecule has 16 nitrogen and oxygen atoms in total. The minimum absolute atomic E-state index is 0.00868. The van der Waals surface area contributed by atoms with Crippen molar-refractivity contribution in [1.82, 2.24) is 21.3 Å². The molecule has 0 spiro atoms. The van der Waals surface area contributed by atoms with E-state index >= 15 is 0 Å². The van der Waals surface area contributed by atoms with Crippen LogP contribution in [0.5, 0.6) is 0 Å². The van der Waals surface area contributed by atoms with Crippen LogP contribution in [0.15, 0.2) is 0 Å². The molecule has 0 bridgehead atoms. The summed E-state index contributed by atoms with van der Waals surface area (Å²) in [5.74, 6) is -1.67. The topological polar surface area (TPSA) is 228 Å². The highest BCUT2D eigenvalue weighted by atomic mass is 16.5. The number of carboxylic acids is 1. The molecule has 4 amide bonds. The van der Waals surface area contributed by atoms with Gasteiger partial charge in [0.15, 0.2) is 5.78 Å². The van der Waals surface area contributed by atoms with Gasteiger partial charge in [0, 0.05) is 37.8 Å². The third kappa shape index (κ3) is 36.1. The maximum Gasteiger partial charge on any atom is 0.303 e. The Kier molecular flexibility index (Phi) is 36.5. The average Bonchev–Trinajstić information content (AvgIpc) is 3.22. The number of aliphatic carboxylic acids is 1. The molecule has 0 rings (SSSR count). The Morgan fingerprint density at radius 1 is 0.541 bits per heavy atom. The summed E-state index contributed by atoms with van der Waals surface area (Å²) in [5, 5.41) is 29.4. The number of ether oxygens (including phenoxy) is 4. The van der Waals surface area contributed by atoms with E-state index in [4.69, 9.17) is 24.1 Å². The van der Waals surface area contributed by atoms with E-state index in [1.54, 1.807) is 0 Å². The van der Waals surface area contributed by atoms with Crippen molar-refractivity contribution < 1.29 is 57.9 Å². The fourth-order valence-corrected chi connectivity index (χ4v) is 6.32. The van der Waals surface area contributed by atoms with Gasteiger partial charge in [-0.1, -0.05) is 118 Å². The summed E-state index contributed by atoms with van der Waals surface area (Å²) in [7, 11) is 0. The van der Waals surface area contributed by atoms with Crippen LogP contribution in [0.2, 0.25) is 0 Å². The zero-order chi connectivity index (χ0) is 45.6.